The highest BCUT2D eigenvalue weighted by molar-refractivity contribution is 6.13. The molecule has 0 amide bonds. The van der Waals surface area contributed by atoms with Gasteiger partial charge in [-0.25, -0.2) is 9.97 Å². The van der Waals surface area contributed by atoms with Crippen molar-refractivity contribution in [3.63, 3.8) is 0 Å². The molecule has 0 spiro atoms. The second kappa shape index (κ2) is 17.6. The molecule has 0 fully saturated rings. The highest BCUT2D eigenvalue weighted by Gasteiger charge is 2.35. The SMILES string of the molecule is CC1(C)c2ccccc2-c2ccc(-n3c4ccccc4c4cc(-c5ccc6c(c5)c5ccccc5n6-c5cccc(-c6nc(-c7ccc(-c8ccccc8)cc7)cc(-c7ccc(-c8ccccc8)cc7)n6)c5)ccc43)cc21. The Balaban J connectivity index is 0.818. The van der Waals surface area contributed by atoms with Crippen molar-refractivity contribution in [2.45, 2.75) is 19.3 Å². The third-order valence-electron chi connectivity index (χ3n) is 16.2. The molecule has 0 bridgehead atoms. The van der Waals surface area contributed by atoms with Crippen molar-refractivity contribution in [2.75, 3.05) is 0 Å². The van der Waals surface area contributed by atoms with Crippen molar-refractivity contribution in [3.8, 4) is 89.8 Å². The van der Waals surface area contributed by atoms with Gasteiger partial charge in [-0.15, -0.1) is 0 Å². The summed E-state index contributed by atoms with van der Waals surface area (Å²) in [6, 6.07) is 96.8. The van der Waals surface area contributed by atoms with Crippen LogP contribution >= 0.6 is 0 Å². The van der Waals surface area contributed by atoms with Crippen LogP contribution in [0.1, 0.15) is 25.0 Å². The molecule has 0 aliphatic heterocycles. The van der Waals surface area contributed by atoms with Gasteiger partial charge in [-0.3, -0.25) is 0 Å². The molecule has 3 aromatic heterocycles. The molecule has 4 heteroatoms. The Kier molecular flexibility index (Phi) is 10.2. The fraction of sp³-hybridized carbons (Fsp3) is 0.0411. The van der Waals surface area contributed by atoms with Gasteiger partial charge in [-0.2, -0.15) is 0 Å². The summed E-state index contributed by atoms with van der Waals surface area (Å²) in [4.78, 5) is 10.6. The summed E-state index contributed by atoms with van der Waals surface area (Å²) in [6.45, 7) is 4.71. The highest BCUT2D eigenvalue weighted by Crippen LogP contribution is 2.50. The predicted octanol–water partition coefficient (Wildman–Crippen LogP) is 19.0. The summed E-state index contributed by atoms with van der Waals surface area (Å²) in [5.41, 5.74) is 24.1. The van der Waals surface area contributed by atoms with Crippen molar-refractivity contribution >= 4 is 43.6 Å². The van der Waals surface area contributed by atoms with E-state index in [2.05, 4.69) is 290 Å². The summed E-state index contributed by atoms with van der Waals surface area (Å²) in [5.74, 6) is 0.670. The molecule has 4 nitrogen and oxygen atoms in total. The topological polar surface area (TPSA) is 35.6 Å². The minimum atomic E-state index is -0.0861. The average Bonchev–Trinajstić information content (AvgIpc) is 4.10. The summed E-state index contributed by atoms with van der Waals surface area (Å²) >= 11 is 0. The quantitative estimate of drug-likeness (QED) is 0.152. The zero-order valence-corrected chi connectivity index (χ0v) is 42.7. The third kappa shape index (κ3) is 7.36. The smallest absolute Gasteiger partial charge is 0.160 e. The zero-order chi connectivity index (χ0) is 51.2. The van der Waals surface area contributed by atoms with E-state index in [-0.39, 0.29) is 5.41 Å². The molecule has 15 rings (SSSR count). The molecule has 3 heterocycles. The molecule has 0 radical (unpaired) electrons. The summed E-state index contributed by atoms with van der Waals surface area (Å²) in [6.07, 6.45) is 0. The number of fused-ring (bicyclic) bond motifs is 9. The van der Waals surface area contributed by atoms with E-state index in [9.17, 15) is 0 Å². The molecular formula is C73H50N4. The van der Waals surface area contributed by atoms with E-state index in [1.54, 1.807) is 0 Å². The first-order valence-corrected chi connectivity index (χ1v) is 26.5. The van der Waals surface area contributed by atoms with E-state index in [0.29, 0.717) is 5.82 Å². The first-order chi connectivity index (χ1) is 37.9. The highest BCUT2D eigenvalue weighted by atomic mass is 15.0. The minimum absolute atomic E-state index is 0.0861. The average molecular weight is 983 g/mol. The summed E-state index contributed by atoms with van der Waals surface area (Å²) in [5, 5.41) is 4.88. The van der Waals surface area contributed by atoms with Crippen LogP contribution in [-0.4, -0.2) is 19.1 Å². The molecule has 0 atom stereocenters. The number of para-hydroxylation sites is 2. The van der Waals surface area contributed by atoms with Crippen LogP contribution in [0.3, 0.4) is 0 Å². The van der Waals surface area contributed by atoms with E-state index in [1.165, 1.54) is 93.9 Å². The van der Waals surface area contributed by atoms with Crippen LogP contribution in [-0.2, 0) is 5.41 Å². The summed E-state index contributed by atoms with van der Waals surface area (Å²) in [7, 11) is 0. The third-order valence-corrected chi connectivity index (χ3v) is 16.2. The van der Waals surface area contributed by atoms with Crippen LogP contribution in [0.2, 0.25) is 0 Å². The Morgan fingerprint density at radius 1 is 0.273 bits per heavy atom. The molecule has 1 aliphatic rings. The van der Waals surface area contributed by atoms with Gasteiger partial charge in [0.15, 0.2) is 5.82 Å². The molecule has 14 aromatic rings. The predicted molar refractivity (Wildman–Crippen MR) is 321 cm³/mol. The lowest BCUT2D eigenvalue weighted by atomic mass is 9.82. The lowest BCUT2D eigenvalue weighted by Gasteiger charge is -2.22. The molecule has 77 heavy (non-hydrogen) atoms. The number of hydrogen-bond donors (Lipinski definition) is 0. The van der Waals surface area contributed by atoms with E-state index < -0.39 is 0 Å². The van der Waals surface area contributed by atoms with Crippen molar-refractivity contribution < 1.29 is 0 Å². The maximum absolute atomic E-state index is 5.32. The van der Waals surface area contributed by atoms with Gasteiger partial charge in [0.2, 0.25) is 0 Å². The van der Waals surface area contributed by atoms with Crippen molar-refractivity contribution in [1.29, 1.82) is 0 Å². The molecule has 0 N–H and O–H groups in total. The molecule has 0 saturated carbocycles. The van der Waals surface area contributed by atoms with Crippen LogP contribution in [0, 0.1) is 0 Å². The largest absolute Gasteiger partial charge is 0.309 e. The van der Waals surface area contributed by atoms with Gasteiger partial charge < -0.3 is 9.13 Å². The number of rotatable bonds is 8. The lowest BCUT2D eigenvalue weighted by molar-refractivity contribution is 0.660. The van der Waals surface area contributed by atoms with Gasteiger partial charge in [-0.05, 0) is 122 Å². The second-order valence-electron chi connectivity index (χ2n) is 21.0. The standard InChI is InChI=1S/C73H50N4/c1-73(2)64-25-12-9-22-58(64)59-39-38-57(45-65(59)73)77-69-27-14-11-24-61(69)63-44-54(37-41-71(63)77)53-36-40-70-62(43-53)60-23-10-13-26-68(60)76(70)56-21-15-20-55(42-56)72-74-66(51-32-28-49(29-33-51)47-16-5-3-6-17-47)46-67(75-72)52-34-30-50(31-35-52)48-18-7-4-8-19-48/h3-46H,1-2H3. The minimum Gasteiger partial charge on any atom is -0.309 e. The van der Waals surface area contributed by atoms with Gasteiger partial charge in [-0.1, -0.05) is 214 Å². The van der Waals surface area contributed by atoms with E-state index in [4.69, 9.17) is 9.97 Å². The fourth-order valence-corrected chi connectivity index (χ4v) is 12.3. The van der Waals surface area contributed by atoms with Gasteiger partial charge in [0, 0.05) is 55.0 Å². The molecule has 1 aliphatic carbocycles. The van der Waals surface area contributed by atoms with Crippen LogP contribution in [0.15, 0.2) is 267 Å². The van der Waals surface area contributed by atoms with Crippen LogP contribution < -0.4 is 0 Å². The van der Waals surface area contributed by atoms with Crippen LogP contribution in [0.25, 0.3) is 133 Å². The first-order valence-electron chi connectivity index (χ1n) is 26.5. The molecule has 0 saturated heterocycles. The van der Waals surface area contributed by atoms with E-state index in [0.717, 1.165) is 44.8 Å². The van der Waals surface area contributed by atoms with E-state index in [1.807, 2.05) is 0 Å². The number of aromatic nitrogens is 4. The van der Waals surface area contributed by atoms with Gasteiger partial charge in [0.1, 0.15) is 0 Å². The molecule has 362 valence electrons. The molecule has 0 unspecified atom stereocenters. The lowest BCUT2D eigenvalue weighted by Crippen LogP contribution is -2.15. The first kappa shape index (κ1) is 44.6. The Labute approximate surface area is 447 Å². The summed E-state index contributed by atoms with van der Waals surface area (Å²) < 4.78 is 4.84. The molecular weight excluding hydrogens is 933 g/mol. The Bertz CT molecular complexity index is 4520. The number of hydrogen-bond acceptors (Lipinski definition) is 2. The number of benzene rings is 11. The van der Waals surface area contributed by atoms with Crippen LogP contribution in [0.4, 0.5) is 0 Å². The molecule has 11 aromatic carbocycles. The monoisotopic (exact) mass is 982 g/mol. The number of nitrogens with zero attached hydrogens (tertiary/aromatic N) is 4. The van der Waals surface area contributed by atoms with Crippen molar-refractivity contribution in [1.82, 2.24) is 19.1 Å². The van der Waals surface area contributed by atoms with Gasteiger partial charge >= 0.3 is 0 Å². The normalized spacial score (nSPS) is 12.6. The Morgan fingerprint density at radius 3 is 1.27 bits per heavy atom. The van der Waals surface area contributed by atoms with Gasteiger partial charge in [0.25, 0.3) is 0 Å². The van der Waals surface area contributed by atoms with Gasteiger partial charge in [0.05, 0.1) is 33.5 Å². The fourth-order valence-electron chi connectivity index (χ4n) is 12.3. The van der Waals surface area contributed by atoms with Crippen LogP contribution in [0.5, 0.6) is 0 Å². The van der Waals surface area contributed by atoms with E-state index >= 15 is 0 Å². The zero-order valence-electron chi connectivity index (χ0n) is 42.7. The van der Waals surface area contributed by atoms with Crippen molar-refractivity contribution in [3.05, 3.63) is 278 Å². The Hall–Kier alpha value is -9.90. The maximum Gasteiger partial charge on any atom is 0.160 e. The second-order valence-corrected chi connectivity index (χ2v) is 21.0. The van der Waals surface area contributed by atoms with Crippen molar-refractivity contribution in [2.24, 2.45) is 0 Å². The Morgan fingerprint density at radius 2 is 0.701 bits per heavy atom. The maximum atomic E-state index is 5.32.